The molecule has 0 saturated carbocycles. The molecule has 0 fully saturated rings. The van der Waals surface area contributed by atoms with Crippen LogP contribution in [0.1, 0.15) is 20.8 Å². The van der Waals surface area contributed by atoms with Gasteiger partial charge in [-0.15, -0.1) is 0 Å². The molecule has 5 heteroatoms. The largest absolute Gasteiger partial charge is 0.464 e. The molecule has 0 aromatic heterocycles. The van der Waals surface area contributed by atoms with Crippen molar-refractivity contribution in [2.24, 2.45) is 0 Å². The van der Waals surface area contributed by atoms with Crippen LogP contribution >= 0.6 is 0 Å². The Bertz CT molecular complexity index is 183. The fourth-order valence-corrected chi connectivity index (χ4v) is 0.804. The summed E-state index contributed by atoms with van der Waals surface area (Å²) >= 11 is 0. The summed E-state index contributed by atoms with van der Waals surface area (Å²) in [5.74, 6) is -0.428. The topological polar surface area (TPSA) is 55.8 Å². The predicted molar refractivity (Wildman–Crippen MR) is 50.9 cm³/mol. The first-order chi connectivity index (χ1) is 6.54. The van der Waals surface area contributed by atoms with Crippen LogP contribution in [0.2, 0.25) is 0 Å². The third kappa shape index (κ3) is 3.64. The van der Waals surface area contributed by atoms with Crippen LogP contribution in [0.15, 0.2) is 0 Å². The lowest BCUT2D eigenvalue weighted by Gasteiger charge is -2.22. The molecule has 5 nitrogen and oxygen atoms in total. The van der Waals surface area contributed by atoms with Gasteiger partial charge in [-0.2, -0.15) is 0 Å². The third-order valence-electron chi connectivity index (χ3n) is 1.76. The van der Waals surface area contributed by atoms with Crippen LogP contribution in [0, 0.1) is 0 Å². The van der Waals surface area contributed by atoms with E-state index in [4.69, 9.17) is 9.47 Å². The SMILES string of the molecule is CCOC(=O)C(C)N(C)C(=O)OCC. The average Bonchev–Trinajstić information content (AvgIpc) is 2.16. The van der Waals surface area contributed by atoms with Gasteiger partial charge in [0.2, 0.25) is 0 Å². The first-order valence-electron chi connectivity index (χ1n) is 4.60. The van der Waals surface area contributed by atoms with E-state index in [1.165, 1.54) is 11.9 Å². The molecule has 0 N–H and O–H groups in total. The molecule has 14 heavy (non-hydrogen) atoms. The third-order valence-corrected chi connectivity index (χ3v) is 1.76. The van der Waals surface area contributed by atoms with Gasteiger partial charge >= 0.3 is 12.1 Å². The molecule has 0 aromatic rings. The predicted octanol–water partition coefficient (Wildman–Crippen LogP) is 1.03. The van der Waals surface area contributed by atoms with E-state index in [-0.39, 0.29) is 0 Å². The normalized spacial score (nSPS) is 11.7. The van der Waals surface area contributed by atoms with Crippen molar-refractivity contribution in [1.82, 2.24) is 4.90 Å². The van der Waals surface area contributed by atoms with Crippen LogP contribution in [-0.2, 0) is 14.3 Å². The average molecular weight is 203 g/mol. The fraction of sp³-hybridized carbons (Fsp3) is 0.778. The lowest BCUT2D eigenvalue weighted by Crippen LogP contribution is -2.41. The Balaban J connectivity index is 4.16. The number of carbonyl (C=O) groups excluding carboxylic acids is 2. The first-order valence-corrected chi connectivity index (χ1v) is 4.60. The van der Waals surface area contributed by atoms with Gasteiger partial charge in [0.25, 0.3) is 0 Å². The van der Waals surface area contributed by atoms with Crippen molar-refractivity contribution in [2.75, 3.05) is 20.3 Å². The maximum Gasteiger partial charge on any atom is 0.410 e. The molecule has 0 aliphatic carbocycles. The van der Waals surface area contributed by atoms with Gasteiger partial charge in [0, 0.05) is 7.05 Å². The highest BCUT2D eigenvalue weighted by Crippen LogP contribution is 2.01. The van der Waals surface area contributed by atoms with Crippen molar-refractivity contribution >= 4 is 12.1 Å². The van der Waals surface area contributed by atoms with Gasteiger partial charge in [-0.1, -0.05) is 0 Å². The van der Waals surface area contributed by atoms with E-state index < -0.39 is 18.1 Å². The minimum Gasteiger partial charge on any atom is -0.464 e. The summed E-state index contributed by atoms with van der Waals surface area (Å²) in [4.78, 5) is 23.6. The molecule has 1 amide bonds. The number of hydrogen-bond donors (Lipinski definition) is 0. The Hall–Kier alpha value is -1.26. The van der Waals surface area contributed by atoms with Crippen molar-refractivity contribution < 1.29 is 19.1 Å². The zero-order valence-corrected chi connectivity index (χ0v) is 9.07. The number of ether oxygens (including phenoxy) is 2. The van der Waals surface area contributed by atoms with Crippen molar-refractivity contribution in [3.63, 3.8) is 0 Å². The number of carbonyl (C=O) groups is 2. The quantitative estimate of drug-likeness (QED) is 0.640. The molecule has 0 saturated heterocycles. The second-order valence-electron chi connectivity index (χ2n) is 2.74. The summed E-state index contributed by atoms with van der Waals surface area (Å²) in [6.45, 7) is 5.61. The van der Waals surface area contributed by atoms with Crippen molar-refractivity contribution in [1.29, 1.82) is 0 Å². The number of likely N-dealkylation sites (N-methyl/N-ethyl adjacent to an activating group) is 1. The van der Waals surface area contributed by atoms with Crippen molar-refractivity contribution in [3.8, 4) is 0 Å². The highest BCUT2D eigenvalue weighted by molar-refractivity contribution is 5.80. The Labute approximate surface area is 84.0 Å². The molecule has 0 aliphatic heterocycles. The van der Waals surface area contributed by atoms with Gasteiger partial charge in [0.1, 0.15) is 6.04 Å². The Kier molecular flexibility index (Phi) is 5.67. The first kappa shape index (κ1) is 12.7. The molecule has 82 valence electrons. The number of hydrogen-bond acceptors (Lipinski definition) is 4. The number of amides is 1. The summed E-state index contributed by atoms with van der Waals surface area (Å²) in [5.41, 5.74) is 0. The maximum atomic E-state index is 11.2. The monoisotopic (exact) mass is 203 g/mol. The zero-order chi connectivity index (χ0) is 11.1. The number of rotatable bonds is 4. The minimum absolute atomic E-state index is 0.290. The van der Waals surface area contributed by atoms with E-state index in [0.29, 0.717) is 13.2 Å². The molecule has 1 atom stereocenters. The van der Waals surface area contributed by atoms with Gasteiger partial charge in [-0.25, -0.2) is 9.59 Å². The molecule has 1 unspecified atom stereocenters. The van der Waals surface area contributed by atoms with Gasteiger partial charge < -0.3 is 9.47 Å². The summed E-state index contributed by atoms with van der Waals surface area (Å²) in [7, 11) is 1.50. The molecule has 0 spiro atoms. The number of nitrogens with zero attached hydrogens (tertiary/aromatic N) is 1. The van der Waals surface area contributed by atoms with Crippen LogP contribution in [0.3, 0.4) is 0 Å². The molecule has 0 bridgehead atoms. The lowest BCUT2D eigenvalue weighted by atomic mass is 10.3. The fourth-order valence-electron chi connectivity index (χ4n) is 0.804. The van der Waals surface area contributed by atoms with E-state index in [1.807, 2.05) is 0 Å². The van der Waals surface area contributed by atoms with E-state index in [2.05, 4.69) is 0 Å². The van der Waals surface area contributed by atoms with Crippen molar-refractivity contribution in [3.05, 3.63) is 0 Å². The molecule has 0 heterocycles. The Morgan fingerprint density at radius 3 is 2.14 bits per heavy atom. The molecule has 0 aliphatic rings. The highest BCUT2D eigenvalue weighted by Gasteiger charge is 2.23. The molecule has 0 radical (unpaired) electrons. The van der Waals surface area contributed by atoms with E-state index >= 15 is 0 Å². The molecular weight excluding hydrogens is 186 g/mol. The minimum atomic E-state index is -0.617. The van der Waals surface area contributed by atoms with Crippen molar-refractivity contribution in [2.45, 2.75) is 26.8 Å². The van der Waals surface area contributed by atoms with Gasteiger partial charge in [-0.3, -0.25) is 4.90 Å². The van der Waals surface area contributed by atoms with Gasteiger partial charge in [0.05, 0.1) is 13.2 Å². The second kappa shape index (κ2) is 6.23. The molecule has 0 aromatic carbocycles. The van der Waals surface area contributed by atoms with Gasteiger partial charge in [-0.05, 0) is 20.8 Å². The zero-order valence-electron chi connectivity index (χ0n) is 9.07. The maximum absolute atomic E-state index is 11.2. The van der Waals surface area contributed by atoms with Crippen LogP contribution in [-0.4, -0.2) is 43.3 Å². The summed E-state index contributed by atoms with van der Waals surface area (Å²) in [6, 6.07) is -0.617. The van der Waals surface area contributed by atoms with Gasteiger partial charge in [0.15, 0.2) is 0 Å². The Morgan fingerprint density at radius 1 is 1.21 bits per heavy atom. The van der Waals surface area contributed by atoms with Crippen LogP contribution in [0.5, 0.6) is 0 Å². The van der Waals surface area contributed by atoms with Crippen LogP contribution in [0.4, 0.5) is 4.79 Å². The van der Waals surface area contributed by atoms with E-state index in [9.17, 15) is 9.59 Å². The lowest BCUT2D eigenvalue weighted by molar-refractivity contribution is -0.147. The smallest absolute Gasteiger partial charge is 0.410 e. The van der Waals surface area contributed by atoms with E-state index in [1.54, 1.807) is 20.8 Å². The summed E-state index contributed by atoms with van der Waals surface area (Å²) in [6.07, 6.45) is -0.520. The summed E-state index contributed by atoms with van der Waals surface area (Å²) in [5, 5.41) is 0. The molecule has 0 rings (SSSR count). The second-order valence-corrected chi connectivity index (χ2v) is 2.74. The molecular formula is C9H17NO4. The Morgan fingerprint density at radius 2 is 1.71 bits per heavy atom. The standard InChI is InChI=1S/C9H17NO4/c1-5-13-8(11)7(3)10(4)9(12)14-6-2/h7H,5-6H2,1-4H3. The van der Waals surface area contributed by atoms with Crippen LogP contribution < -0.4 is 0 Å². The highest BCUT2D eigenvalue weighted by atomic mass is 16.6. The van der Waals surface area contributed by atoms with Crippen LogP contribution in [0.25, 0.3) is 0 Å². The number of esters is 1. The van der Waals surface area contributed by atoms with E-state index in [0.717, 1.165) is 0 Å². The summed E-state index contributed by atoms with van der Waals surface area (Å²) < 4.78 is 9.50.